The maximum Gasteiger partial charge on any atom is 0.278 e. The van der Waals surface area contributed by atoms with Gasteiger partial charge in [-0.1, -0.05) is 51.0 Å². The van der Waals surface area contributed by atoms with E-state index in [0.717, 1.165) is 16.8 Å². The molecule has 0 atom stereocenters. The van der Waals surface area contributed by atoms with Crippen molar-refractivity contribution >= 4 is 0 Å². The van der Waals surface area contributed by atoms with Crippen LogP contribution in [0.15, 0.2) is 29.1 Å². The van der Waals surface area contributed by atoms with Crippen LogP contribution in [0, 0.1) is 26.7 Å². The molecule has 0 bridgehead atoms. The Morgan fingerprint density at radius 3 is 2.40 bits per heavy atom. The molecular weight excluding hydrogens is 389 g/mol. The van der Waals surface area contributed by atoms with E-state index in [9.17, 15) is 4.79 Å². The normalized spacial score (nSPS) is 8.80. The maximum atomic E-state index is 12.5. The fourth-order valence-corrected chi connectivity index (χ4v) is 2.27. The Morgan fingerprint density at radius 2 is 1.88 bits per heavy atom. The number of aromatic nitrogens is 2. The molecule has 0 amide bonds. The zero-order chi connectivity index (χ0) is 17.4. The topological polar surface area (TPSA) is 44.1 Å². The SMILES string of the molecule is C#CCOc1c(CC)nn(C)c(=O)c1-c1ccccc1C.CC.[CH3-].[Y]. The Labute approximate surface area is 176 Å². The number of ether oxygens (including phenoxy) is 1. The zero-order valence-corrected chi connectivity index (χ0v) is 18.9. The van der Waals surface area contributed by atoms with E-state index in [-0.39, 0.29) is 52.3 Å². The molecule has 0 spiro atoms. The molecule has 1 aromatic heterocycles. The molecule has 2 aromatic rings. The first-order valence-electron chi connectivity index (χ1n) is 7.82. The summed E-state index contributed by atoms with van der Waals surface area (Å²) in [6, 6.07) is 7.71. The van der Waals surface area contributed by atoms with Crippen molar-refractivity contribution in [3.8, 4) is 29.2 Å². The van der Waals surface area contributed by atoms with E-state index in [0.29, 0.717) is 17.7 Å². The third kappa shape index (κ3) is 6.10. The number of nitrogens with zero attached hydrogens (tertiary/aromatic N) is 2. The van der Waals surface area contributed by atoms with E-state index in [1.54, 1.807) is 7.05 Å². The zero-order valence-electron chi connectivity index (χ0n) is 16.1. The Morgan fingerprint density at radius 1 is 1.28 bits per heavy atom. The molecule has 2 rings (SSSR count). The molecular formula is C20H27N2O2Y-. The van der Waals surface area contributed by atoms with E-state index in [4.69, 9.17) is 11.2 Å². The van der Waals surface area contributed by atoms with Crippen LogP contribution in [0.2, 0.25) is 0 Å². The minimum atomic E-state index is -0.187. The van der Waals surface area contributed by atoms with E-state index >= 15 is 0 Å². The Hall–Kier alpha value is -1.44. The van der Waals surface area contributed by atoms with Crippen LogP contribution in [0.3, 0.4) is 0 Å². The first kappa shape index (κ1) is 25.8. The van der Waals surface area contributed by atoms with Crippen LogP contribution in [-0.2, 0) is 46.2 Å². The van der Waals surface area contributed by atoms with Crippen molar-refractivity contribution in [2.75, 3.05) is 6.61 Å². The van der Waals surface area contributed by atoms with Crippen molar-refractivity contribution in [1.82, 2.24) is 9.78 Å². The molecule has 1 radical (unpaired) electrons. The molecule has 133 valence electrons. The smallest absolute Gasteiger partial charge is 0.278 e. The number of hydrogen-bond acceptors (Lipinski definition) is 3. The van der Waals surface area contributed by atoms with Crippen LogP contribution in [0.4, 0.5) is 0 Å². The van der Waals surface area contributed by atoms with E-state index < -0.39 is 0 Å². The summed E-state index contributed by atoms with van der Waals surface area (Å²) < 4.78 is 6.99. The summed E-state index contributed by atoms with van der Waals surface area (Å²) in [6.45, 7) is 8.05. The van der Waals surface area contributed by atoms with Crippen LogP contribution in [0.1, 0.15) is 32.0 Å². The molecule has 4 nitrogen and oxygen atoms in total. The standard InChI is InChI=1S/C17H18N2O2.C2H6.CH3.Y/c1-5-11-21-16-14(6-2)18-19(4)17(20)15(16)13-10-8-7-9-12(13)3;1-2;;/h1,7-10H,6,11H2,2-4H3;1-2H3;1H3;/q;;-1;. The second-order valence-electron chi connectivity index (χ2n) is 4.74. The summed E-state index contributed by atoms with van der Waals surface area (Å²) in [4.78, 5) is 12.5. The van der Waals surface area contributed by atoms with E-state index in [1.165, 1.54) is 4.68 Å². The van der Waals surface area contributed by atoms with Crippen molar-refractivity contribution in [2.24, 2.45) is 7.05 Å². The van der Waals surface area contributed by atoms with Crippen molar-refractivity contribution in [2.45, 2.75) is 34.1 Å². The van der Waals surface area contributed by atoms with Crippen LogP contribution >= 0.6 is 0 Å². The fourth-order valence-electron chi connectivity index (χ4n) is 2.27. The van der Waals surface area contributed by atoms with Crippen molar-refractivity contribution < 1.29 is 37.4 Å². The second-order valence-corrected chi connectivity index (χ2v) is 4.74. The van der Waals surface area contributed by atoms with Crippen molar-refractivity contribution in [3.63, 3.8) is 0 Å². The third-order valence-electron chi connectivity index (χ3n) is 3.32. The monoisotopic (exact) mass is 416 g/mol. The van der Waals surface area contributed by atoms with Gasteiger partial charge in [-0.05, 0) is 24.5 Å². The molecule has 25 heavy (non-hydrogen) atoms. The predicted octanol–water partition coefficient (Wildman–Crippen LogP) is 3.80. The summed E-state index contributed by atoms with van der Waals surface area (Å²) in [5, 5.41) is 4.27. The van der Waals surface area contributed by atoms with Crippen molar-refractivity contribution in [3.05, 3.63) is 53.3 Å². The summed E-state index contributed by atoms with van der Waals surface area (Å²) in [5.74, 6) is 2.93. The molecule has 0 saturated heterocycles. The van der Waals surface area contributed by atoms with Crippen molar-refractivity contribution in [1.29, 1.82) is 0 Å². The minimum Gasteiger partial charge on any atom is -0.478 e. The Balaban J connectivity index is 0. The predicted molar refractivity (Wildman–Crippen MR) is 101 cm³/mol. The Bertz CT molecular complexity index is 761. The average Bonchev–Trinajstić information content (AvgIpc) is 2.58. The van der Waals surface area contributed by atoms with Crippen LogP contribution in [-0.4, -0.2) is 16.4 Å². The molecule has 0 N–H and O–H groups in total. The van der Waals surface area contributed by atoms with E-state index in [1.807, 2.05) is 52.0 Å². The van der Waals surface area contributed by atoms with Gasteiger partial charge in [0.05, 0.1) is 5.56 Å². The van der Waals surface area contributed by atoms with Gasteiger partial charge in [-0.2, -0.15) is 5.10 Å². The van der Waals surface area contributed by atoms with Crippen LogP contribution < -0.4 is 10.3 Å². The molecule has 5 heteroatoms. The molecule has 1 aromatic carbocycles. The van der Waals surface area contributed by atoms with Gasteiger partial charge < -0.3 is 12.2 Å². The van der Waals surface area contributed by atoms with Gasteiger partial charge in [0.1, 0.15) is 12.3 Å². The first-order chi connectivity index (χ1) is 11.1. The maximum absolute atomic E-state index is 12.5. The van der Waals surface area contributed by atoms with Crippen LogP contribution in [0.5, 0.6) is 5.75 Å². The third-order valence-corrected chi connectivity index (χ3v) is 3.32. The largest absolute Gasteiger partial charge is 0.478 e. The number of benzene rings is 1. The Kier molecular flexibility index (Phi) is 13.3. The van der Waals surface area contributed by atoms with Gasteiger partial charge in [0.25, 0.3) is 5.56 Å². The van der Waals surface area contributed by atoms with Gasteiger partial charge in [0.2, 0.25) is 0 Å². The number of terminal acetylenes is 1. The number of rotatable bonds is 4. The van der Waals surface area contributed by atoms with Gasteiger partial charge in [0.15, 0.2) is 5.75 Å². The molecule has 0 fully saturated rings. The quantitative estimate of drug-likeness (QED) is 0.563. The first-order valence-corrected chi connectivity index (χ1v) is 7.82. The van der Waals surface area contributed by atoms with Crippen LogP contribution in [0.25, 0.3) is 11.1 Å². The molecule has 0 aliphatic heterocycles. The molecule has 0 aliphatic carbocycles. The van der Waals surface area contributed by atoms with Gasteiger partial charge >= 0.3 is 0 Å². The fraction of sp³-hybridized carbons (Fsp3) is 0.350. The molecule has 0 aliphatic rings. The number of hydrogen-bond donors (Lipinski definition) is 0. The van der Waals surface area contributed by atoms with Gasteiger partial charge in [-0.25, -0.2) is 4.68 Å². The van der Waals surface area contributed by atoms with Gasteiger partial charge in [-0.3, -0.25) is 4.79 Å². The summed E-state index contributed by atoms with van der Waals surface area (Å²) in [7, 11) is 1.65. The van der Waals surface area contributed by atoms with Gasteiger partial charge in [0, 0.05) is 39.8 Å². The number of aryl methyl sites for hydroxylation is 3. The van der Waals surface area contributed by atoms with Gasteiger partial charge in [-0.15, -0.1) is 6.42 Å². The molecule has 0 unspecified atom stereocenters. The summed E-state index contributed by atoms with van der Waals surface area (Å²) in [5.41, 5.74) is 2.92. The molecule has 0 saturated carbocycles. The second kappa shape index (κ2) is 12.9. The molecule has 1 heterocycles. The average molecular weight is 416 g/mol. The van der Waals surface area contributed by atoms with E-state index in [2.05, 4.69) is 11.0 Å². The summed E-state index contributed by atoms with van der Waals surface area (Å²) >= 11 is 0. The minimum absolute atomic E-state index is 0. The summed E-state index contributed by atoms with van der Waals surface area (Å²) in [6.07, 6.45) is 5.94.